The van der Waals surface area contributed by atoms with E-state index in [1.165, 1.54) is 6.92 Å². The van der Waals surface area contributed by atoms with Gasteiger partial charge in [0, 0.05) is 16.9 Å². The van der Waals surface area contributed by atoms with E-state index in [0.29, 0.717) is 16.8 Å². The number of nitriles is 1. The number of amides is 1. The van der Waals surface area contributed by atoms with Gasteiger partial charge in [-0.05, 0) is 67.6 Å². The van der Waals surface area contributed by atoms with Crippen LogP contribution in [0.15, 0.2) is 66.9 Å². The van der Waals surface area contributed by atoms with Crippen molar-refractivity contribution in [3.8, 4) is 6.07 Å². The number of benzene rings is 2. The number of rotatable bonds is 5. The maximum Gasteiger partial charge on any atom is 0.274 e. The predicted molar refractivity (Wildman–Crippen MR) is 103 cm³/mol. The molecule has 0 unspecified atom stereocenters. The van der Waals surface area contributed by atoms with E-state index < -0.39 is 0 Å². The smallest absolute Gasteiger partial charge is 0.274 e. The molecule has 0 radical (unpaired) electrons. The highest BCUT2D eigenvalue weighted by Crippen LogP contribution is 2.17. The molecule has 0 aliphatic heterocycles. The Hall–Kier alpha value is -3.98. The Morgan fingerprint density at radius 2 is 1.52 bits per heavy atom. The minimum atomic E-state index is -0.336. The fraction of sp³-hybridized carbons (Fsp3) is 0.0476. The quantitative estimate of drug-likeness (QED) is 0.670. The van der Waals surface area contributed by atoms with Gasteiger partial charge in [0.25, 0.3) is 5.91 Å². The summed E-state index contributed by atoms with van der Waals surface area (Å²) in [6.07, 6.45) is 1.56. The molecule has 0 spiro atoms. The molecule has 6 nitrogen and oxygen atoms in total. The highest BCUT2D eigenvalue weighted by atomic mass is 16.2. The number of hydrogen-bond acceptors (Lipinski definition) is 5. The Morgan fingerprint density at radius 1 is 0.889 bits per heavy atom. The van der Waals surface area contributed by atoms with E-state index in [-0.39, 0.29) is 17.4 Å². The van der Waals surface area contributed by atoms with Crippen molar-refractivity contribution in [2.75, 3.05) is 10.6 Å². The lowest BCUT2D eigenvalue weighted by Crippen LogP contribution is -2.13. The molecule has 6 heteroatoms. The molecule has 1 aromatic heterocycles. The number of hydrogen-bond donors (Lipinski definition) is 2. The van der Waals surface area contributed by atoms with Gasteiger partial charge in [-0.2, -0.15) is 5.26 Å². The maximum atomic E-state index is 12.2. The van der Waals surface area contributed by atoms with E-state index in [1.807, 2.05) is 18.2 Å². The van der Waals surface area contributed by atoms with Crippen molar-refractivity contribution in [3.05, 3.63) is 83.7 Å². The molecule has 1 amide bonds. The number of carbonyl (C=O) groups is 2. The van der Waals surface area contributed by atoms with Crippen LogP contribution in [-0.2, 0) is 0 Å². The van der Waals surface area contributed by atoms with E-state index in [4.69, 9.17) is 5.26 Å². The Kier molecular flexibility index (Phi) is 5.24. The Labute approximate surface area is 156 Å². The van der Waals surface area contributed by atoms with Gasteiger partial charge in [-0.1, -0.05) is 0 Å². The summed E-state index contributed by atoms with van der Waals surface area (Å²) in [7, 11) is 0. The highest BCUT2D eigenvalue weighted by molar-refractivity contribution is 6.03. The van der Waals surface area contributed by atoms with Crippen LogP contribution in [0.25, 0.3) is 0 Å². The molecule has 27 heavy (non-hydrogen) atoms. The molecule has 3 rings (SSSR count). The first-order valence-corrected chi connectivity index (χ1v) is 8.21. The number of carbonyl (C=O) groups excluding carboxylic acids is 2. The summed E-state index contributed by atoms with van der Waals surface area (Å²) < 4.78 is 0. The van der Waals surface area contributed by atoms with Crippen molar-refractivity contribution < 1.29 is 9.59 Å². The largest absolute Gasteiger partial charge is 0.354 e. The second-order valence-electron chi connectivity index (χ2n) is 5.83. The van der Waals surface area contributed by atoms with Gasteiger partial charge in [0.15, 0.2) is 5.78 Å². The molecule has 2 N–H and O–H groups in total. The van der Waals surface area contributed by atoms with Crippen molar-refractivity contribution in [3.63, 3.8) is 0 Å². The highest BCUT2D eigenvalue weighted by Gasteiger charge is 2.08. The molecule has 0 saturated carbocycles. The number of nitrogens with zero attached hydrogens (tertiary/aromatic N) is 2. The number of anilines is 3. The van der Waals surface area contributed by atoms with E-state index >= 15 is 0 Å². The second kappa shape index (κ2) is 7.93. The summed E-state index contributed by atoms with van der Waals surface area (Å²) in [6, 6.07) is 19.1. The summed E-state index contributed by atoms with van der Waals surface area (Å²) in [4.78, 5) is 27.7. The SMILES string of the molecule is CC(=O)c1ccc(Nc2ccc(C(=O)Nc3ccc(C#N)cc3)nc2)cc1. The van der Waals surface area contributed by atoms with Gasteiger partial charge in [0.05, 0.1) is 23.5 Å². The fourth-order valence-electron chi connectivity index (χ4n) is 2.38. The molecule has 0 fully saturated rings. The Balaban J connectivity index is 1.64. The standard InChI is InChI=1S/C21H16N4O2/c1-14(26)16-4-8-17(9-5-16)24-19-10-11-20(23-13-19)21(27)25-18-6-2-15(12-22)3-7-18/h2-11,13,24H,1H3,(H,25,27). The van der Waals surface area contributed by atoms with Crippen LogP contribution in [0.1, 0.15) is 33.3 Å². The molecule has 1 heterocycles. The van der Waals surface area contributed by atoms with Gasteiger partial charge in [0.1, 0.15) is 5.69 Å². The molecule has 2 aromatic carbocycles. The van der Waals surface area contributed by atoms with E-state index in [1.54, 1.807) is 54.7 Å². The lowest BCUT2D eigenvalue weighted by atomic mass is 10.1. The molecule has 0 saturated heterocycles. The van der Waals surface area contributed by atoms with E-state index in [9.17, 15) is 9.59 Å². The van der Waals surface area contributed by atoms with Crippen molar-refractivity contribution >= 4 is 28.8 Å². The fourth-order valence-corrected chi connectivity index (χ4v) is 2.38. The number of pyridine rings is 1. The molecule has 0 bridgehead atoms. The Bertz CT molecular complexity index is 1000. The zero-order chi connectivity index (χ0) is 19.2. The van der Waals surface area contributed by atoms with Gasteiger partial charge >= 0.3 is 0 Å². The number of ketones is 1. The Morgan fingerprint density at radius 3 is 2.07 bits per heavy atom. The average molecular weight is 356 g/mol. The third-order valence-corrected chi connectivity index (χ3v) is 3.85. The van der Waals surface area contributed by atoms with Gasteiger partial charge < -0.3 is 10.6 Å². The predicted octanol–water partition coefficient (Wildman–Crippen LogP) is 4.15. The topological polar surface area (TPSA) is 94.9 Å². The molecule has 0 aliphatic rings. The summed E-state index contributed by atoms with van der Waals surface area (Å²) >= 11 is 0. The lowest BCUT2D eigenvalue weighted by molar-refractivity contribution is 0.101. The third-order valence-electron chi connectivity index (χ3n) is 3.85. The summed E-state index contributed by atoms with van der Waals surface area (Å²) in [5.74, 6) is -0.321. The molecular formula is C21H16N4O2. The zero-order valence-corrected chi connectivity index (χ0v) is 14.6. The molecule has 0 aliphatic carbocycles. The van der Waals surface area contributed by atoms with Crippen molar-refractivity contribution in [2.24, 2.45) is 0 Å². The summed E-state index contributed by atoms with van der Waals surface area (Å²) in [5.41, 5.74) is 3.58. The first-order valence-electron chi connectivity index (χ1n) is 8.21. The normalized spacial score (nSPS) is 9.93. The number of nitrogens with one attached hydrogen (secondary N) is 2. The summed E-state index contributed by atoms with van der Waals surface area (Å²) in [6.45, 7) is 1.52. The lowest BCUT2D eigenvalue weighted by Gasteiger charge is -2.08. The van der Waals surface area contributed by atoms with Gasteiger partial charge in [-0.15, -0.1) is 0 Å². The van der Waals surface area contributed by atoms with Crippen LogP contribution in [-0.4, -0.2) is 16.7 Å². The van der Waals surface area contributed by atoms with Crippen molar-refractivity contribution in [1.82, 2.24) is 4.98 Å². The van der Waals surface area contributed by atoms with Crippen LogP contribution in [0.2, 0.25) is 0 Å². The molecule has 132 valence electrons. The minimum Gasteiger partial charge on any atom is -0.354 e. The van der Waals surface area contributed by atoms with Gasteiger partial charge in [-0.25, -0.2) is 4.98 Å². The summed E-state index contributed by atoms with van der Waals surface area (Å²) in [5, 5.41) is 14.7. The number of aromatic nitrogens is 1. The third kappa shape index (κ3) is 4.55. The van der Waals surface area contributed by atoms with Gasteiger partial charge in [0.2, 0.25) is 0 Å². The minimum absolute atomic E-state index is 0.0147. The van der Waals surface area contributed by atoms with Crippen molar-refractivity contribution in [2.45, 2.75) is 6.92 Å². The monoisotopic (exact) mass is 356 g/mol. The molecule has 0 atom stereocenters. The zero-order valence-electron chi connectivity index (χ0n) is 14.6. The maximum absolute atomic E-state index is 12.2. The van der Waals surface area contributed by atoms with Crippen molar-refractivity contribution in [1.29, 1.82) is 5.26 Å². The van der Waals surface area contributed by atoms with Crippen LogP contribution >= 0.6 is 0 Å². The van der Waals surface area contributed by atoms with Crippen LogP contribution in [0.4, 0.5) is 17.1 Å². The second-order valence-corrected chi connectivity index (χ2v) is 5.83. The van der Waals surface area contributed by atoms with Crippen LogP contribution in [0.3, 0.4) is 0 Å². The first-order chi connectivity index (χ1) is 13.0. The van der Waals surface area contributed by atoms with E-state index in [0.717, 1.165) is 11.4 Å². The van der Waals surface area contributed by atoms with Crippen LogP contribution in [0.5, 0.6) is 0 Å². The molecular weight excluding hydrogens is 340 g/mol. The van der Waals surface area contributed by atoms with Gasteiger partial charge in [-0.3, -0.25) is 9.59 Å². The number of Topliss-reactive ketones (excluding diaryl/α,β-unsaturated/α-hetero) is 1. The first kappa shape index (κ1) is 17.8. The molecule has 3 aromatic rings. The van der Waals surface area contributed by atoms with Crippen LogP contribution < -0.4 is 10.6 Å². The average Bonchev–Trinajstić information content (AvgIpc) is 2.69. The van der Waals surface area contributed by atoms with Crippen LogP contribution in [0, 0.1) is 11.3 Å². The van der Waals surface area contributed by atoms with E-state index in [2.05, 4.69) is 15.6 Å².